The Morgan fingerprint density at radius 3 is 2.00 bits per heavy atom. The van der Waals surface area contributed by atoms with Gasteiger partial charge in [0.25, 0.3) is 0 Å². The molecule has 1 aromatic carbocycles. The van der Waals surface area contributed by atoms with E-state index in [9.17, 15) is 33.6 Å². The Balaban J connectivity index is 1.99. The first kappa shape index (κ1) is 18.6. The van der Waals surface area contributed by atoms with Gasteiger partial charge in [0.2, 0.25) is 11.8 Å². The van der Waals surface area contributed by atoms with E-state index in [4.69, 9.17) is 10.00 Å². The monoisotopic (exact) mass is 396 g/mol. The highest BCUT2D eigenvalue weighted by Crippen LogP contribution is 2.64. The average Bonchev–Trinajstić information content (AvgIpc) is 3.10. The maximum absolute atomic E-state index is 13.3. The van der Waals surface area contributed by atoms with Gasteiger partial charge >= 0.3 is 6.18 Å². The Bertz CT molecular complexity index is 1010. The van der Waals surface area contributed by atoms with E-state index in [-0.39, 0.29) is 16.8 Å². The third-order valence-electron chi connectivity index (χ3n) is 5.65. The fourth-order valence-corrected chi connectivity index (χ4v) is 4.30. The fraction of sp³-hybridized carbons (Fsp3) is 0.389. The molecule has 0 radical (unpaired) electrons. The first-order chi connectivity index (χ1) is 12.9. The zero-order valence-corrected chi connectivity index (χ0v) is 14.6. The molecule has 4 atom stereocenters. The minimum atomic E-state index is -4.82. The Morgan fingerprint density at radius 2 is 1.57 bits per heavy atom. The van der Waals surface area contributed by atoms with Crippen molar-refractivity contribution in [2.24, 2.45) is 0 Å². The predicted octanol–water partition coefficient (Wildman–Crippen LogP) is 1.97. The van der Waals surface area contributed by atoms with Crippen LogP contribution in [0.4, 0.5) is 13.2 Å². The van der Waals surface area contributed by atoms with Gasteiger partial charge in [-0.15, -0.1) is 0 Å². The largest absolute Gasteiger partial charge is 0.494 e. The van der Waals surface area contributed by atoms with Crippen molar-refractivity contribution in [3.63, 3.8) is 0 Å². The van der Waals surface area contributed by atoms with E-state index < -0.39 is 52.5 Å². The molecule has 0 unspecified atom stereocenters. The molecule has 2 aromatic rings. The van der Waals surface area contributed by atoms with Crippen LogP contribution in [0.3, 0.4) is 0 Å². The van der Waals surface area contributed by atoms with Crippen molar-refractivity contribution in [2.75, 3.05) is 0 Å². The van der Waals surface area contributed by atoms with Crippen LogP contribution >= 0.6 is 0 Å². The predicted molar refractivity (Wildman–Crippen MR) is 86.6 cm³/mol. The summed E-state index contributed by atoms with van der Waals surface area (Å²) in [5.74, 6) is -1.25. The van der Waals surface area contributed by atoms with Gasteiger partial charge in [-0.05, 0) is 32.0 Å². The lowest BCUT2D eigenvalue weighted by atomic mass is 9.76. The molecule has 4 rings (SSSR count). The van der Waals surface area contributed by atoms with Crippen LogP contribution in [0.5, 0.6) is 11.8 Å². The van der Waals surface area contributed by atoms with Crippen molar-refractivity contribution in [3.05, 3.63) is 40.5 Å². The number of aliphatic hydroxyl groups excluding tert-OH is 2. The number of hydrogen-bond donors (Lipinski definition) is 4. The zero-order valence-electron chi connectivity index (χ0n) is 14.6. The molecule has 148 valence electrons. The normalized spacial score (nSPS) is 31.1. The van der Waals surface area contributed by atoms with E-state index in [0.717, 1.165) is 16.7 Å². The number of benzene rings is 1. The molecule has 1 aromatic heterocycles. The summed E-state index contributed by atoms with van der Waals surface area (Å²) in [4.78, 5) is 0. The van der Waals surface area contributed by atoms with E-state index in [0.29, 0.717) is 6.07 Å². The lowest BCUT2D eigenvalue weighted by molar-refractivity contribution is -0.137. The van der Waals surface area contributed by atoms with Crippen molar-refractivity contribution >= 4 is 0 Å². The Labute approximate surface area is 156 Å². The fourth-order valence-electron chi connectivity index (χ4n) is 4.30. The van der Waals surface area contributed by atoms with Gasteiger partial charge in [-0.25, -0.2) is 0 Å². The minimum Gasteiger partial charge on any atom is -0.494 e. The summed E-state index contributed by atoms with van der Waals surface area (Å²) < 4.78 is 46.3. The first-order valence-electron chi connectivity index (χ1n) is 8.23. The van der Waals surface area contributed by atoms with Crippen LogP contribution in [-0.4, -0.2) is 37.2 Å². The minimum absolute atomic E-state index is 0.0109. The molecular weight excluding hydrogens is 381 g/mol. The number of nitriles is 1. The molecule has 0 saturated carbocycles. The molecule has 2 aliphatic heterocycles. The molecular formula is C18H15F3N2O5. The highest BCUT2D eigenvalue weighted by Gasteiger charge is 2.69. The van der Waals surface area contributed by atoms with Gasteiger partial charge < -0.3 is 25.2 Å². The quantitative estimate of drug-likeness (QED) is 0.585. The first-order valence-corrected chi connectivity index (χ1v) is 8.23. The number of halogens is 3. The number of nitrogens with zero attached hydrogens (tertiary/aromatic N) is 2. The van der Waals surface area contributed by atoms with E-state index in [1.54, 1.807) is 0 Å². The van der Waals surface area contributed by atoms with Gasteiger partial charge in [0.05, 0.1) is 34.0 Å². The van der Waals surface area contributed by atoms with Gasteiger partial charge in [-0.3, -0.25) is 4.57 Å². The zero-order chi connectivity index (χ0) is 20.8. The van der Waals surface area contributed by atoms with E-state index in [2.05, 4.69) is 0 Å². The molecule has 2 bridgehead atoms. The lowest BCUT2D eigenvalue weighted by Gasteiger charge is -2.29. The summed E-state index contributed by atoms with van der Waals surface area (Å²) in [5.41, 5.74) is -5.22. The molecule has 1 fully saturated rings. The summed E-state index contributed by atoms with van der Waals surface area (Å²) >= 11 is 0. The average molecular weight is 396 g/mol. The second-order valence-electron chi connectivity index (χ2n) is 7.28. The Kier molecular flexibility index (Phi) is 3.45. The smallest absolute Gasteiger partial charge is 0.417 e. The third kappa shape index (κ3) is 1.98. The van der Waals surface area contributed by atoms with Crippen molar-refractivity contribution in [1.29, 1.82) is 5.26 Å². The summed E-state index contributed by atoms with van der Waals surface area (Å²) in [6.07, 6.45) is -7.66. The van der Waals surface area contributed by atoms with Crippen molar-refractivity contribution in [1.82, 2.24) is 4.57 Å². The number of rotatable bonds is 1. The number of alkyl halides is 3. The highest BCUT2D eigenvalue weighted by atomic mass is 19.4. The molecule has 2 aliphatic rings. The lowest BCUT2D eigenvalue weighted by Crippen LogP contribution is -2.44. The number of hydrogen-bond acceptors (Lipinski definition) is 6. The summed E-state index contributed by atoms with van der Waals surface area (Å²) in [6.45, 7) is 2.81. The number of aliphatic hydroxyl groups is 2. The Morgan fingerprint density at radius 1 is 1.07 bits per heavy atom. The SMILES string of the molecule is C[C@]12O[C@](C)(c3c1c(O)n(-c1ccc(C#N)c(C(F)(F)F)c1)c3O)[C@H](O)[C@H]2O. The van der Waals surface area contributed by atoms with Crippen LogP contribution in [0.15, 0.2) is 18.2 Å². The maximum Gasteiger partial charge on any atom is 0.417 e. The van der Waals surface area contributed by atoms with Crippen LogP contribution in [0.1, 0.15) is 36.1 Å². The van der Waals surface area contributed by atoms with E-state index in [1.165, 1.54) is 19.9 Å². The second-order valence-corrected chi connectivity index (χ2v) is 7.28. The van der Waals surface area contributed by atoms with Crippen LogP contribution < -0.4 is 0 Å². The van der Waals surface area contributed by atoms with Gasteiger partial charge in [0.1, 0.15) is 23.4 Å². The highest BCUT2D eigenvalue weighted by molar-refractivity contribution is 5.63. The van der Waals surface area contributed by atoms with Crippen molar-refractivity contribution in [3.8, 4) is 23.5 Å². The van der Waals surface area contributed by atoms with Gasteiger partial charge in [0.15, 0.2) is 0 Å². The van der Waals surface area contributed by atoms with Crippen LogP contribution in [-0.2, 0) is 22.1 Å². The van der Waals surface area contributed by atoms with E-state index >= 15 is 0 Å². The maximum atomic E-state index is 13.3. The standard InChI is InChI=1S/C18H15F3N2O5/c1-16-10-11(17(2,28-16)13(25)12(16)24)15(27)23(14(10)26)8-4-3-7(6-22)9(5-8)18(19,20)21/h3-5,12-13,24-27H,1-2H3/t12-,13-,16-,17+/m1/s1. The summed E-state index contributed by atoms with van der Waals surface area (Å²) in [7, 11) is 0. The second kappa shape index (κ2) is 5.20. The van der Waals surface area contributed by atoms with Gasteiger partial charge in [0, 0.05) is 0 Å². The van der Waals surface area contributed by atoms with Crippen LogP contribution in [0.25, 0.3) is 5.69 Å². The van der Waals surface area contributed by atoms with Crippen LogP contribution in [0.2, 0.25) is 0 Å². The summed E-state index contributed by atoms with van der Waals surface area (Å²) in [5, 5.41) is 50.9. The van der Waals surface area contributed by atoms with Gasteiger partial charge in [-0.1, -0.05) is 0 Å². The number of aromatic hydroxyl groups is 2. The molecule has 1 saturated heterocycles. The molecule has 28 heavy (non-hydrogen) atoms. The van der Waals surface area contributed by atoms with E-state index in [1.807, 2.05) is 0 Å². The number of aromatic nitrogens is 1. The molecule has 3 heterocycles. The third-order valence-corrected chi connectivity index (χ3v) is 5.65. The van der Waals surface area contributed by atoms with Crippen LogP contribution in [0, 0.1) is 11.3 Å². The molecule has 7 nitrogen and oxygen atoms in total. The topological polar surface area (TPSA) is 119 Å². The van der Waals surface area contributed by atoms with Crippen molar-refractivity contribution < 1.29 is 38.3 Å². The van der Waals surface area contributed by atoms with Crippen molar-refractivity contribution in [2.45, 2.75) is 43.4 Å². The molecule has 0 amide bonds. The molecule has 0 aliphatic carbocycles. The number of ether oxygens (including phenoxy) is 1. The molecule has 0 spiro atoms. The molecule has 4 N–H and O–H groups in total. The van der Waals surface area contributed by atoms with Gasteiger partial charge in [-0.2, -0.15) is 18.4 Å². The molecule has 10 heteroatoms. The Hall–Kier alpha value is -2.74. The number of fused-ring (bicyclic) bond motifs is 5. The summed E-state index contributed by atoms with van der Waals surface area (Å²) in [6, 6.07) is 4.16.